The quantitative estimate of drug-likeness (QED) is 0.647. The minimum Gasteiger partial charge on any atom is -0.507 e. The number of carbonyl (C=O) groups is 1. The van der Waals surface area contributed by atoms with E-state index in [1.165, 1.54) is 12.1 Å². The Morgan fingerprint density at radius 1 is 1.38 bits per heavy atom. The number of fused-ring (bicyclic) bond motifs is 3. The Morgan fingerprint density at radius 3 is 2.86 bits per heavy atom. The van der Waals surface area contributed by atoms with Crippen LogP contribution in [-0.2, 0) is 5.88 Å². The van der Waals surface area contributed by atoms with Gasteiger partial charge in [-0.1, -0.05) is 0 Å². The summed E-state index contributed by atoms with van der Waals surface area (Å²) in [6, 6.07) is 2.60. The van der Waals surface area contributed by atoms with Crippen molar-refractivity contribution in [2.45, 2.75) is 31.7 Å². The smallest absolute Gasteiger partial charge is 0.336 e. The maximum atomic E-state index is 12.3. The first-order valence-electron chi connectivity index (χ1n) is 6.59. The topological polar surface area (TPSA) is 76.7 Å². The van der Waals surface area contributed by atoms with Gasteiger partial charge in [-0.25, -0.2) is 4.79 Å². The van der Waals surface area contributed by atoms with Crippen molar-refractivity contribution < 1.29 is 19.1 Å². The summed E-state index contributed by atoms with van der Waals surface area (Å²) >= 11 is 5.82. The van der Waals surface area contributed by atoms with Crippen molar-refractivity contribution in [3.05, 3.63) is 33.7 Å². The number of aromatic hydroxyl groups is 1. The van der Waals surface area contributed by atoms with E-state index in [0.29, 0.717) is 18.4 Å². The number of hydrogen-bond donors (Lipinski definition) is 1. The highest BCUT2D eigenvalue weighted by Crippen LogP contribution is 2.39. The maximum Gasteiger partial charge on any atom is 0.336 e. The van der Waals surface area contributed by atoms with Gasteiger partial charge in [0.15, 0.2) is 11.4 Å². The molecule has 0 aliphatic carbocycles. The molecule has 21 heavy (non-hydrogen) atoms. The van der Waals surface area contributed by atoms with Gasteiger partial charge in [0.25, 0.3) is 0 Å². The summed E-state index contributed by atoms with van der Waals surface area (Å²) in [5.41, 5.74) is 0.0628. The second-order valence-corrected chi connectivity index (χ2v) is 5.35. The number of hydrogen-bond acceptors (Lipinski definition) is 5. The molecule has 6 heteroatoms. The molecule has 0 saturated heterocycles. The third-order valence-electron chi connectivity index (χ3n) is 3.57. The van der Waals surface area contributed by atoms with E-state index in [9.17, 15) is 14.7 Å². The lowest BCUT2D eigenvalue weighted by molar-refractivity contribution is 0.0979. The molecule has 0 saturated carbocycles. The molecule has 1 aliphatic heterocycles. The van der Waals surface area contributed by atoms with Gasteiger partial charge in [-0.05, 0) is 18.9 Å². The number of phenols is 1. The number of carbonyl (C=O) groups excluding carboxylic acids is 1. The Kier molecular flexibility index (Phi) is 3.37. The van der Waals surface area contributed by atoms with E-state index in [1.807, 2.05) is 6.92 Å². The van der Waals surface area contributed by atoms with Crippen molar-refractivity contribution in [3.8, 4) is 11.5 Å². The lowest BCUT2D eigenvalue weighted by Gasteiger charge is -2.14. The fraction of sp³-hybridized carbons (Fsp3) is 0.333. The van der Waals surface area contributed by atoms with Gasteiger partial charge in [0, 0.05) is 24.4 Å². The van der Waals surface area contributed by atoms with Crippen molar-refractivity contribution in [1.29, 1.82) is 0 Å². The third kappa shape index (κ3) is 2.27. The summed E-state index contributed by atoms with van der Waals surface area (Å²) < 4.78 is 10.8. The van der Waals surface area contributed by atoms with Gasteiger partial charge in [-0.2, -0.15) is 0 Å². The van der Waals surface area contributed by atoms with Gasteiger partial charge >= 0.3 is 5.63 Å². The van der Waals surface area contributed by atoms with E-state index in [1.54, 1.807) is 0 Å². The largest absolute Gasteiger partial charge is 0.507 e. The highest BCUT2D eigenvalue weighted by atomic mass is 35.5. The number of alkyl halides is 1. The van der Waals surface area contributed by atoms with Gasteiger partial charge in [0.05, 0.1) is 11.5 Å². The molecule has 1 aromatic carbocycles. The zero-order valence-corrected chi connectivity index (χ0v) is 12.1. The molecule has 0 radical (unpaired) electrons. The molecule has 0 bridgehead atoms. The zero-order chi connectivity index (χ0) is 15.1. The van der Waals surface area contributed by atoms with Crippen LogP contribution in [-0.4, -0.2) is 17.0 Å². The summed E-state index contributed by atoms with van der Waals surface area (Å²) in [6.45, 7) is 1.84. The predicted molar refractivity (Wildman–Crippen MR) is 77.4 cm³/mol. The van der Waals surface area contributed by atoms with E-state index in [0.717, 1.165) is 0 Å². The Morgan fingerprint density at radius 2 is 2.14 bits per heavy atom. The summed E-state index contributed by atoms with van der Waals surface area (Å²) in [4.78, 5) is 24.0. The SMILES string of the molecule is CC1CCC(=O)c2c(cc(O)c3c(CCl)cc(=O)oc23)O1. The van der Waals surface area contributed by atoms with Crippen LogP contribution in [0.2, 0.25) is 0 Å². The van der Waals surface area contributed by atoms with E-state index in [2.05, 4.69) is 0 Å². The Balaban J connectivity index is 2.44. The van der Waals surface area contributed by atoms with E-state index < -0.39 is 5.63 Å². The molecule has 1 N–H and O–H groups in total. The maximum absolute atomic E-state index is 12.3. The van der Waals surface area contributed by atoms with Crippen LogP contribution >= 0.6 is 11.6 Å². The van der Waals surface area contributed by atoms with Gasteiger partial charge in [0.1, 0.15) is 17.1 Å². The van der Waals surface area contributed by atoms with Crippen LogP contribution in [0.1, 0.15) is 35.7 Å². The summed E-state index contributed by atoms with van der Waals surface area (Å²) in [5.74, 6) is -0.0240. The number of ketones is 1. The fourth-order valence-corrected chi connectivity index (χ4v) is 2.79. The van der Waals surface area contributed by atoms with Gasteiger partial charge in [-0.3, -0.25) is 4.79 Å². The van der Waals surface area contributed by atoms with E-state index >= 15 is 0 Å². The first kappa shape index (κ1) is 13.9. The monoisotopic (exact) mass is 308 g/mol. The van der Waals surface area contributed by atoms with Crippen molar-refractivity contribution in [1.82, 2.24) is 0 Å². The zero-order valence-electron chi connectivity index (χ0n) is 11.3. The highest BCUT2D eigenvalue weighted by molar-refractivity contribution is 6.19. The molecule has 0 fully saturated rings. The summed E-state index contributed by atoms with van der Waals surface area (Å²) in [7, 11) is 0. The second kappa shape index (κ2) is 5.07. The number of phenolic OH excluding ortho intramolecular Hbond substituents is 1. The number of benzene rings is 1. The third-order valence-corrected chi connectivity index (χ3v) is 3.86. The molecule has 110 valence electrons. The lowest BCUT2D eigenvalue weighted by atomic mass is 10.0. The first-order chi connectivity index (χ1) is 10.0. The number of rotatable bonds is 1. The predicted octanol–water partition coefficient (Wildman–Crippen LogP) is 2.98. The Labute approximate surface area is 125 Å². The van der Waals surface area contributed by atoms with Crippen molar-refractivity contribution in [2.75, 3.05) is 0 Å². The van der Waals surface area contributed by atoms with Crippen LogP contribution in [0.4, 0.5) is 0 Å². The molecular formula is C15H13ClO5. The fourth-order valence-electron chi connectivity index (χ4n) is 2.58. The van der Waals surface area contributed by atoms with Crippen LogP contribution in [0, 0.1) is 0 Å². The number of Topliss-reactive ketones (excluding diaryl/α,β-unsaturated/α-hetero) is 1. The molecule has 0 amide bonds. The molecule has 1 aromatic heterocycles. The molecule has 1 unspecified atom stereocenters. The minimum atomic E-state index is -0.615. The number of ether oxygens (including phenoxy) is 1. The van der Waals surface area contributed by atoms with Crippen LogP contribution < -0.4 is 10.4 Å². The molecule has 1 aliphatic rings. The van der Waals surface area contributed by atoms with Gasteiger partial charge < -0.3 is 14.3 Å². The van der Waals surface area contributed by atoms with Crippen molar-refractivity contribution in [2.24, 2.45) is 0 Å². The molecule has 1 atom stereocenters. The Bertz CT molecular complexity index is 793. The van der Waals surface area contributed by atoms with Crippen LogP contribution in [0.15, 0.2) is 21.3 Å². The summed E-state index contributed by atoms with van der Waals surface area (Å²) in [6.07, 6.45) is 0.702. The van der Waals surface area contributed by atoms with E-state index in [-0.39, 0.29) is 45.8 Å². The standard InChI is InChI=1S/C15H13ClO5/c1-7-2-3-9(17)14-11(20-7)5-10(18)13-8(6-16)4-12(19)21-15(13)14/h4-5,7,18H,2-3,6H2,1H3. The van der Waals surface area contributed by atoms with Crippen LogP contribution in [0.5, 0.6) is 11.5 Å². The molecule has 5 nitrogen and oxygen atoms in total. The average molecular weight is 309 g/mol. The van der Waals surface area contributed by atoms with Crippen molar-refractivity contribution >= 4 is 28.4 Å². The highest BCUT2D eigenvalue weighted by Gasteiger charge is 2.27. The van der Waals surface area contributed by atoms with Crippen LogP contribution in [0.25, 0.3) is 11.0 Å². The van der Waals surface area contributed by atoms with Gasteiger partial charge in [-0.15, -0.1) is 11.6 Å². The van der Waals surface area contributed by atoms with Gasteiger partial charge in [0.2, 0.25) is 0 Å². The normalized spacial score (nSPS) is 18.2. The minimum absolute atomic E-state index is 0.0277. The lowest BCUT2D eigenvalue weighted by Crippen LogP contribution is -2.09. The van der Waals surface area contributed by atoms with Crippen molar-refractivity contribution in [3.63, 3.8) is 0 Å². The molecule has 2 heterocycles. The summed E-state index contributed by atoms with van der Waals surface area (Å²) in [5, 5.41) is 10.5. The first-order valence-corrected chi connectivity index (χ1v) is 7.13. The van der Waals surface area contributed by atoms with E-state index in [4.69, 9.17) is 20.8 Å². The van der Waals surface area contributed by atoms with Crippen LogP contribution in [0.3, 0.4) is 0 Å². The number of halogens is 1. The second-order valence-electron chi connectivity index (χ2n) is 5.09. The molecule has 3 rings (SSSR count). The Hall–Kier alpha value is -2.01. The molecule has 2 aromatic rings. The average Bonchev–Trinajstić information content (AvgIpc) is 2.56. The molecule has 0 spiro atoms. The molecular weight excluding hydrogens is 296 g/mol.